The highest BCUT2D eigenvalue weighted by molar-refractivity contribution is 5.89. The highest BCUT2D eigenvalue weighted by Crippen LogP contribution is 2.29. The van der Waals surface area contributed by atoms with E-state index in [1.165, 1.54) is 5.39 Å². The second kappa shape index (κ2) is 7.12. The molecule has 2 nitrogen and oxygen atoms in total. The van der Waals surface area contributed by atoms with E-state index in [-0.39, 0.29) is 0 Å². The maximum absolute atomic E-state index is 6.30. The van der Waals surface area contributed by atoms with Gasteiger partial charge in [-0.15, -0.1) is 0 Å². The first-order valence-corrected chi connectivity index (χ1v) is 7.80. The molecule has 0 saturated heterocycles. The van der Waals surface area contributed by atoms with Gasteiger partial charge in [-0.25, -0.2) is 0 Å². The average Bonchev–Trinajstić information content (AvgIpc) is 2.59. The molecular weight excluding hydrogens is 282 g/mol. The van der Waals surface area contributed by atoms with Gasteiger partial charge in [0.15, 0.2) is 0 Å². The summed E-state index contributed by atoms with van der Waals surface area (Å²) in [5.41, 5.74) is 1.09. The zero-order chi connectivity index (χ0) is 16.1. The lowest BCUT2D eigenvalue weighted by molar-refractivity contribution is 0.449. The van der Waals surface area contributed by atoms with Gasteiger partial charge in [0, 0.05) is 17.5 Å². The minimum absolute atomic E-state index is 0.828. The predicted molar refractivity (Wildman–Crippen MR) is 97.5 cm³/mol. The largest absolute Gasteiger partial charge is 0.456 e. The van der Waals surface area contributed by atoms with E-state index in [4.69, 9.17) is 4.74 Å². The molecule has 0 radical (unpaired) electrons. The number of likely N-dealkylation sites (N-methyl/N-ethyl adjacent to an activating group) is 1. The van der Waals surface area contributed by atoms with E-state index in [1.807, 2.05) is 42.5 Å². The van der Waals surface area contributed by atoms with Gasteiger partial charge >= 0.3 is 0 Å². The van der Waals surface area contributed by atoms with Gasteiger partial charge in [0.1, 0.15) is 11.5 Å². The van der Waals surface area contributed by atoms with Crippen molar-refractivity contribution in [2.75, 3.05) is 20.6 Å². The Hall–Kier alpha value is -2.58. The fourth-order valence-electron chi connectivity index (χ4n) is 2.49. The zero-order valence-electron chi connectivity index (χ0n) is 13.6. The van der Waals surface area contributed by atoms with E-state index in [0.717, 1.165) is 29.0 Å². The smallest absolute Gasteiger partial charge is 0.135 e. The molecular formula is C21H21NO. The molecule has 0 unspecified atom stereocenters. The van der Waals surface area contributed by atoms with Crippen LogP contribution in [0.3, 0.4) is 0 Å². The Morgan fingerprint density at radius 2 is 1.57 bits per heavy atom. The third-order valence-corrected chi connectivity index (χ3v) is 3.67. The summed E-state index contributed by atoms with van der Waals surface area (Å²) in [7, 11) is 4.11. The Bertz CT molecular complexity index is 801. The molecule has 0 spiro atoms. The van der Waals surface area contributed by atoms with Crippen LogP contribution >= 0.6 is 0 Å². The monoisotopic (exact) mass is 303 g/mol. The molecule has 0 heterocycles. The van der Waals surface area contributed by atoms with E-state index in [0.29, 0.717) is 0 Å². The molecule has 0 atom stereocenters. The van der Waals surface area contributed by atoms with E-state index in [2.05, 4.69) is 55.4 Å². The van der Waals surface area contributed by atoms with Crippen LogP contribution < -0.4 is 4.74 Å². The predicted octanol–water partition coefficient (Wildman–Crippen LogP) is 4.82. The fourth-order valence-corrected chi connectivity index (χ4v) is 2.49. The minimum atomic E-state index is 0.828. The maximum atomic E-state index is 6.30. The summed E-state index contributed by atoms with van der Waals surface area (Å²) >= 11 is 0. The summed E-state index contributed by atoms with van der Waals surface area (Å²) in [6.45, 7) is 0.828. The van der Waals surface area contributed by atoms with Crippen LogP contribution in [0.1, 0.15) is 5.56 Å². The number of hydrogen-bond acceptors (Lipinski definition) is 2. The lowest BCUT2D eigenvalue weighted by Gasteiger charge is -2.14. The molecule has 0 N–H and O–H groups in total. The molecule has 116 valence electrons. The van der Waals surface area contributed by atoms with Crippen molar-refractivity contribution in [2.45, 2.75) is 0 Å². The summed E-state index contributed by atoms with van der Waals surface area (Å²) in [6.07, 6.45) is 2.12. The van der Waals surface area contributed by atoms with E-state index >= 15 is 0 Å². The van der Waals surface area contributed by atoms with Gasteiger partial charge in [-0.1, -0.05) is 66.7 Å². The number of ether oxygens (including phenoxy) is 1. The van der Waals surface area contributed by atoms with Crippen LogP contribution in [0.2, 0.25) is 0 Å². The molecule has 0 aliphatic heterocycles. The standard InChI is InChI=1S/C21H21NO/c1-22(2)16-15-20(18-10-4-3-5-11-18)23-21-14-8-12-17-9-6-7-13-19(17)21/h3-15H,16H2,1-2H3. The van der Waals surface area contributed by atoms with Gasteiger partial charge in [-0.3, -0.25) is 0 Å². The summed E-state index contributed by atoms with van der Waals surface area (Å²) < 4.78 is 6.30. The molecule has 3 aromatic carbocycles. The number of rotatable bonds is 5. The second-order valence-corrected chi connectivity index (χ2v) is 5.78. The SMILES string of the molecule is CN(C)CC=C(Oc1cccc2ccccc12)c1ccccc1. The molecule has 3 rings (SSSR count). The molecule has 0 bridgehead atoms. The van der Waals surface area contributed by atoms with Crippen molar-refractivity contribution >= 4 is 16.5 Å². The van der Waals surface area contributed by atoms with Crippen LogP contribution in [0.5, 0.6) is 5.75 Å². The Morgan fingerprint density at radius 1 is 0.870 bits per heavy atom. The minimum Gasteiger partial charge on any atom is -0.456 e. The van der Waals surface area contributed by atoms with E-state index in [1.54, 1.807) is 0 Å². The van der Waals surface area contributed by atoms with Crippen molar-refractivity contribution in [1.29, 1.82) is 0 Å². The van der Waals surface area contributed by atoms with Crippen molar-refractivity contribution in [2.24, 2.45) is 0 Å². The van der Waals surface area contributed by atoms with Crippen molar-refractivity contribution in [3.63, 3.8) is 0 Å². The third-order valence-electron chi connectivity index (χ3n) is 3.67. The summed E-state index contributed by atoms with van der Waals surface area (Å²) in [6, 6.07) is 24.7. The Kier molecular flexibility index (Phi) is 4.74. The van der Waals surface area contributed by atoms with Gasteiger partial charge in [0.05, 0.1) is 0 Å². The molecule has 0 fully saturated rings. The number of fused-ring (bicyclic) bond motifs is 1. The van der Waals surface area contributed by atoms with E-state index in [9.17, 15) is 0 Å². The van der Waals surface area contributed by atoms with Crippen LogP contribution in [0.25, 0.3) is 16.5 Å². The molecule has 0 amide bonds. The first-order chi connectivity index (χ1) is 11.2. The van der Waals surface area contributed by atoms with Gasteiger partial charge in [0.25, 0.3) is 0 Å². The van der Waals surface area contributed by atoms with Crippen LogP contribution in [0, 0.1) is 0 Å². The molecule has 0 aliphatic rings. The van der Waals surface area contributed by atoms with Gasteiger partial charge in [0.2, 0.25) is 0 Å². The van der Waals surface area contributed by atoms with Crippen molar-refractivity contribution < 1.29 is 4.74 Å². The van der Waals surface area contributed by atoms with Crippen molar-refractivity contribution in [3.8, 4) is 5.75 Å². The van der Waals surface area contributed by atoms with Crippen molar-refractivity contribution in [1.82, 2.24) is 4.90 Å². The normalized spacial score (nSPS) is 11.9. The highest BCUT2D eigenvalue weighted by atomic mass is 16.5. The second-order valence-electron chi connectivity index (χ2n) is 5.78. The van der Waals surface area contributed by atoms with Gasteiger partial charge < -0.3 is 9.64 Å². The number of benzene rings is 3. The fraction of sp³-hybridized carbons (Fsp3) is 0.143. The summed E-state index contributed by atoms with van der Waals surface area (Å²) in [5, 5.41) is 2.31. The lowest BCUT2D eigenvalue weighted by atomic mass is 10.1. The molecule has 3 aromatic rings. The number of hydrogen-bond donors (Lipinski definition) is 0. The third kappa shape index (κ3) is 3.79. The molecule has 0 saturated carbocycles. The van der Waals surface area contributed by atoms with Crippen LogP contribution in [0.4, 0.5) is 0 Å². The highest BCUT2D eigenvalue weighted by Gasteiger charge is 2.07. The zero-order valence-corrected chi connectivity index (χ0v) is 13.6. The molecule has 23 heavy (non-hydrogen) atoms. The Labute approximate surface area is 137 Å². The Morgan fingerprint density at radius 3 is 2.35 bits per heavy atom. The van der Waals surface area contributed by atoms with Crippen molar-refractivity contribution in [3.05, 3.63) is 84.4 Å². The average molecular weight is 303 g/mol. The molecule has 2 heteroatoms. The maximum Gasteiger partial charge on any atom is 0.135 e. The van der Waals surface area contributed by atoms with E-state index < -0.39 is 0 Å². The van der Waals surface area contributed by atoms with Crippen LogP contribution in [-0.2, 0) is 0 Å². The quantitative estimate of drug-likeness (QED) is 0.626. The Balaban J connectivity index is 1.99. The summed E-state index contributed by atoms with van der Waals surface area (Å²) in [4.78, 5) is 2.12. The first-order valence-electron chi connectivity index (χ1n) is 7.80. The molecule has 0 aliphatic carbocycles. The van der Waals surface area contributed by atoms with Crippen LogP contribution in [-0.4, -0.2) is 25.5 Å². The van der Waals surface area contributed by atoms with Gasteiger partial charge in [-0.05, 0) is 31.6 Å². The number of nitrogens with zero attached hydrogens (tertiary/aromatic N) is 1. The molecule has 0 aromatic heterocycles. The van der Waals surface area contributed by atoms with Gasteiger partial charge in [-0.2, -0.15) is 0 Å². The summed E-state index contributed by atoms with van der Waals surface area (Å²) in [5.74, 6) is 1.77. The topological polar surface area (TPSA) is 12.5 Å². The first kappa shape index (κ1) is 15.3. The van der Waals surface area contributed by atoms with Crippen LogP contribution in [0.15, 0.2) is 78.9 Å². The lowest BCUT2D eigenvalue weighted by Crippen LogP contribution is -2.12.